The Morgan fingerprint density at radius 2 is 2.43 bits per heavy atom. The van der Waals surface area contributed by atoms with Gasteiger partial charge in [0, 0.05) is 6.42 Å². The second kappa shape index (κ2) is 3.69. The molecule has 0 N–H and O–H groups in total. The lowest BCUT2D eigenvalue weighted by atomic mass is 10.0. The summed E-state index contributed by atoms with van der Waals surface area (Å²) in [5.41, 5.74) is 0. The summed E-state index contributed by atoms with van der Waals surface area (Å²) >= 11 is 0. The molecule has 0 aromatic rings. The Morgan fingerprint density at radius 1 is 1.64 bits per heavy atom. The highest BCUT2D eigenvalue weighted by Crippen LogP contribution is 2.37. The molecule has 2 rings (SSSR count). The molecule has 1 aliphatic carbocycles. The predicted octanol–water partition coefficient (Wildman–Crippen LogP) is 0.686. The number of ether oxygens (including phenoxy) is 2. The number of fused-ring (bicyclic) bond motifs is 1. The first-order valence-electron chi connectivity index (χ1n) is 5.07. The van der Waals surface area contributed by atoms with Gasteiger partial charge in [-0.3, -0.25) is 4.79 Å². The quantitative estimate of drug-likeness (QED) is 0.612. The average Bonchev–Trinajstić information content (AvgIpc) is 2.69. The predicted molar refractivity (Wildman–Crippen MR) is 47.6 cm³/mol. The second-order valence-corrected chi connectivity index (χ2v) is 3.80. The summed E-state index contributed by atoms with van der Waals surface area (Å²) in [6.07, 6.45) is 1.28. The van der Waals surface area contributed by atoms with E-state index in [0.29, 0.717) is 19.4 Å². The Balaban J connectivity index is 1.95. The summed E-state index contributed by atoms with van der Waals surface area (Å²) in [6.45, 7) is 2.13. The zero-order valence-electron chi connectivity index (χ0n) is 8.19. The maximum atomic E-state index is 11.3. The minimum Gasteiger partial charge on any atom is -0.464 e. The fourth-order valence-corrected chi connectivity index (χ4v) is 2.21. The molecule has 1 aliphatic heterocycles. The summed E-state index contributed by atoms with van der Waals surface area (Å²) in [5.74, 6) is 0.0633. The molecule has 2 aliphatic rings. The van der Waals surface area contributed by atoms with Gasteiger partial charge in [-0.25, -0.2) is 4.79 Å². The van der Waals surface area contributed by atoms with Crippen LogP contribution in [0.2, 0.25) is 0 Å². The molecule has 0 bridgehead atoms. The molecule has 0 aromatic heterocycles. The maximum absolute atomic E-state index is 11.3. The highest BCUT2D eigenvalue weighted by molar-refractivity contribution is 5.87. The van der Waals surface area contributed by atoms with Crippen LogP contribution in [0, 0.1) is 5.92 Å². The van der Waals surface area contributed by atoms with E-state index in [-0.39, 0.29) is 23.8 Å². The molecule has 0 radical (unpaired) electrons. The molecular formula is C10H14O4. The Hall–Kier alpha value is -0.900. The lowest BCUT2D eigenvalue weighted by Crippen LogP contribution is -2.26. The van der Waals surface area contributed by atoms with E-state index in [1.807, 2.05) is 0 Å². The lowest BCUT2D eigenvalue weighted by molar-refractivity contribution is -0.156. The number of esters is 1. The van der Waals surface area contributed by atoms with Crippen molar-refractivity contribution < 1.29 is 19.1 Å². The number of carbonyl (C=O) groups is 2. The fraction of sp³-hybridized carbons (Fsp3) is 0.800. The summed E-state index contributed by atoms with van der Waals surface area (Å²) in [6, 6.07) is 0. The molecule has 4 nitrogen and oxygen atoms in total. The van der Waals surface area contributed by atoms with E-state index < -0.39 is 6.10 Å². The number of Topliss-reactive ketones (excluding diaryl/α,β-unsaturated/α-hetero) is 1. The number of hydrogen-bond donors (Lipinski definition) is 0. The van der Waals surface area contributed by atoms with E-state index in [4.69, 9.17) is 9.47 Å². The second-order valence-electron chi connectivity index (χ2n) is 3.80. The molecule has 1 saturated carbocycles. The van der Waals surface area contributed by atoms with E-state index in [9.17, 15) is 9.59 Å². The normalized spacial score (nSPS) is 35.8. The molecule has 0 aromatic carbocycles. The molecule has 1 heterocycles. The van der Waals surface area contributed by atoms with Gasteiger partial charge in [-0.15, -0.1) is 0 Å². The highest BCUT2D eigenvalue weighted by Gasteiger charge is 2.46. The van der Waals surface area contributed by atoms with Gasteiger partial charge in [0.25, 0.3) is 0 Å². The van der Waals surface area contributed by atoms with Crippen LogP contribution in [0.25, 0.3) is 0 Å². The van der Waals surface area contributed by atoms with Crippen molar-refractivity contribution >= 4 is 11.8 Å². The zero-order chi connectivity index (χ0) is 10.1. The first-order valence-corrected chi connectivity index (χ1v) is 5.07. The summed E-state index contributed by atoms with van der Waals surface area (Å²) < 4.78 is 10.2. The molecule has 0 spiro atoms. The Bertz CT molecular complexity index is 261. The Kier molecular flexibility index (Phi) is 2.54. The fourth-order valence-electron chi connectivity index (χ4n) is 2.21. The first kappa shape index (κ1) is 9.65. The maximum Gasteiger partial charge on any atom is 0.335 e. The van der Waals surface area contributed by atoms with Gasteiger partial charge in [0.05, 0.1) is 6.61 Å². The molecule has 14 heavy (non-hydrogen) atoms. The van der Waals surface area contributed by atoms with Gasteiger partial charge in [-0.2, -0.15) is 0 Å². The van der Waals surface area contributed by atoms with E-state index in [0.717, 1.165) is 6.42 Å². The van der Waals surface area contributed by atoms with E-state index in [1.54, 1.807) is 6.92 Å². The van der Waals surface area contributed by atoms with Crippen molar-refractivity contribution in [2.75, 3.05) is 6.61 Å². The molecular weight excluding hydrogens is 184 g/mol. The standard InChI is InChI=1S/C10H14O4/c1-2-13-10(12)8-5-6-3-4-7(11)9(6)14-8/h6,8-9H,2-5H2,1H3/t6-,8?,9+/m1/s1. The Labute approximate surface area is 82.6 Å². The van der Waals surface area contributed by atoms with Crippen molar-refractivity contribution in [2.45, 2.75) is 38.4 Å². The van der Waals surface area contributed by atoms with Gasteiger partial charge in [-0.05, 0) is 25.7 Å². The smallest absolute Gasteiger partial charge is 0.335 e. The number of rotatable bonds is 2. The van der Waals surface area contributed by atoms with Crippen LogP contribution in [0.4, 0.5) is 0 Å². The van der Waals surface area contributed by atoms with Crippen LogP contribution in [0.15, 0.2) is 0 Å². The molecule has 1 saturated heterocycles. The summed E-state index contributed by atoms with van der Waals surface area (Å²) in [4.78, 5) is 22.6. The van der Waals surface area contributed by atoms with Crippen LogP contribution in [0.5, 0.6) is 0 Å². The zero-order valence-corrected chi connectivity index (χ0v) is 8.19. The lowest BCUT2D eigenvalue weighted by Gasteiger charge is -2.09. The molecule has 78 valence electrons. The van der Waals surface area contributed by atoms with Crippen molar-refractivity contribution in [2.24, 2.45) is 5.92 Å². The van der Waals surface area contributed by atoms with E-state index in [2.05, 4.69) is 0 Å². The van der Waals surface area contributed by atoms with Gasteiger partial charge < -0.3 is 9.47 Å². The van der Waals surface area contributed by atoms with Crippen LogP contribution in [-0.4, -0.2) is 30.6 Å². The molecule has 0 amide bonds. The van der Waals surface area contributed by atoms with Crippen molar-refractivity contribution in [1.29, 1.82) is 0 Å². The average molecular weight is 198 g/mol. The molecule has 2 fully saturated rings. The minimum absolute atomic E-state index is 0.141. The SMILES string of the molecule is CCOC(=O)C1C[C@H]2CCC(=O)[C@H]2O1. The third-order valence-electron chi connectivity index (χ3n) is 2.88. The van der Waals surface area contributed by atoms with E-state index >= 15 is 0 Å². The third kappa shape index (κ3) is 1.54. The monoisotopic (exact) mass is 198 g/mol. The number of ketones is 1. The van der Waals surface area contributed by atoms with Gasteiger partial charge >= 0.3 is 5.97 Å². The third-order valence-corrected chi connectivity index (χ3v) is 2.88. The van der Waals surface area contributed by atoms with Crippen molar-refractivity contribution in [3.05, 3.63) is 0 Å². The number of carbonyl (C=O) groups excluding carboxylic acids is 2. The molecule has 4 heteroatoms. The van der Waals surface area contributed by atoms with Crippen LogP contribution >= 0.6 is 0 Å². The van der Waals surface area contributed by atoms with Gasteiger partial charge in [0.1, 0.15) is 6.10 Å². The van der Waals surface area contributed by atoms with Crippen molar-refractivity contribution in [3.8, 4) is 0 Å². The largest absolute Gasteiger partial charge is 0.464 e. The topological polar surface area (TPSA) is 52.6 Å². The molecule has 3 atom stereocenters. The van der Waals surface area contributed by atoms with Gasteiger partial charge in [0.2, 0.25) is 0 Å². The van der Waals surface area contributed by atoms with Crippen LogP contribution in [0.1, 0.15) is 26.2 Å². The minimum atomic E-state index is -0.505. The summed E-state index contributed by atoms with van der Waals surface area (Å²) in [5, 5.41) is 0. The van der Waals surface area contributed by atoms with Crippen LogP contribution in [-0.2, 0) is 19.1 Å². The first-order chi connectivity index (χ1) is 6.72. The van der Waals surface area contributed by atoms with E-state index in [1.165, 1.54) is 0 Å². The van der Waals surface area contributed by atoms with Gasteiger partial charge in [-0.1, -0.05) is 0 Å². The van der Waals surface area contributed by atoms with Crippen LogP contribution in [0.3, 0.4) is 0 Å². The highest BCUT2D eigenvalue weighted by atomic mass is 16.6. The Morgan fingerprint density at radius 3 is 3.07 bits per heavy atom. The van der Waals surface area contributed by atoms with Crippen LogP contribution < -0.4 is 0 Å². The summed E-state index contributed by atoms with van der Waals surface area (Å²) in [7, 11) is 0. The number of hydrogen-bond acceptors (Lipinski definition) is 4. The molecule has 1 unspecified atom stereocenters. The van der Waals surface area contributed by atoms with Gasteiger partial charge in [0.15, 0.2) is 11.9 Å². The van der Waals surface area contributed by atoms with Crippen molar-refractivity contribution in [1.82, 2.24) is 0 Å². The van der Waals surface area contributed by atoms with Crippen molar-refractivity contribution in [3.63, 3.8) is 0 Å².